The summed E-state index contributed by atoms with van der Waals surface area (Å²) in [5.41, 5.74) is 2.20. The van der Waals surface area contributed by atoms with Gasteiger partial charge in [-0.2, -0.15) is 0 Å². The van der Waals surface area contributed by atoms with Crippen molar-refractivity contribution in [3.8, 4) is 0 Å². The first-order valence-electron chi connectivity index (χ1n) is 7.28. The number of benzene rings is 1. The van der Waals surface area contributed by atoms with E-state index in [1.54, 1.807) is 25.4 Å². The first kappa shape index (κ1) is 16.7. The molecule has 120 valence electrons. The van der Waals surface area contributed by atoms with E-state index in [2.05, 4.69) is 0 Å². The van der Waals surface area contributed by atoms with Crippen molar-refractivity contribution in [1.29, 1.82) is 0 Å². The monoisotopic (exact) mass is 313 g/mol. The van der Waals surface area contributed by atoms with Gasteiger partial charge in [-0.05, 0) is 26.8 Å². The SMILES string of the molecule is CC(=O)c1cc(C(=O)O[C@@H](C)C(=O)c2ccc(C)cc2)n(C)c1. The zero-order chi connectivity index (χ0) is 17.1. The summed E-state index contributed by atoms with van der Waals surface area (Å²) in [5.74, 6) is -1.03. The van der Waals surface area contributed by atoms with Gasteiger partial charge in [0.05, 0.1) is 0 Å². The minimum atomic E-state index is -0.902. The predicted molar refractivity (Wildman–Crippen MR) is 85.8 cm³/mol. The van der Waals surface area contributed by atoms with Gasteiger partial charge in [-0.1, -0.05) is 29.8 Å². The van der Waals surface area contributed by atoms with Gasteiger partial charge in [0.15, 0.2) is 11.9 Å². The molecule has 0 saturated heterocycles. The Labute approximate surface area is 134 Å². The van der Waals surface area contributed by atoms with Crippen LogP contribution in [0, 0.1) is 6.92 Å². The third-order valence-corrected chi connectivity index (χ3v) is 3.61. The van der Waals surface area contributed by atoms with Gasteiger partial charge in [-0.15, -0.1) is 0 Å². The molecule has 0 bridgehead atoms. The lowest BCUT2D eigenvalue weighted by atomic mass is 10.1. The number of ketones is 2. The summed E-state index contributed by atoms with van der Waals surface area (Å²) in [7, 11) is 1.65. The highest BCUT2D eigenvalue weighted by atomic mass is 16.5. The van der Waals surface area contributed by atoms with Crippen molar-refractivity contribution in [3.05, 3.63) is 58.9 Å². The maximum absolute atomic E-state index is 12.3. The van der Waals surface area contributed by atoms with E-state index in [1.165, 1.54) is 24.5 Å². The smallest absolute Gasteiger partial charge is 0.355 e. The van der Waals surface area contributed by atoms with Crippen molar-refractivity contribution in [2.75, 3.05) is 0 Å². The molecule has 0 radical (unpaired) electrons. The minimum Gasteiger partial charge on any atom is -0.450 e. The molecule has 5 nitrogen and oxygen atoms in total. The fraction of sp³-hybridized carbons (Fsp3) is 0.278. The van der Waals surface area contributed by atoms with Crippen molar-refractivity contribution in [1.82, 2.24) is 4.57 Å². The highest BCUT2D eigenvalue weighted by Crippen LogP contribution is 2.13. The fourth-order valence-corrected chi connectivity index (χ4v) is 2.19. The Bertz CT molecular complexity index is 756. The number of hydrogen-bond donors (Lipinski definition) is 0. The van der Waals surface area contributed by atoms with Gasteiger partial charge in [-0.25, -0.2) is 4.79 Å². The Balaban J connectivity index is 2.11. The van der Waals surface area contributed by atoms with Gasteiger partial charge in [0.1, 0.15) is 5.69 Å². The third kappa shape index (κ3) is 3.74. The van der Waals surface area contributed by atoms with Gasteiger partial charge in [0.2, 0.25) is 5.78 Å². The Morgan fingerprint density at radius 3 is 2.22 bits per heavy atom. The average molecular weight is 313 g/mol. The molecule has 1 atom stereocenters. The number of rotatable bonds is 5. The quantitative estimate of drug-likeness (QED) is 0.629. The molecule has 23 heavy (non-hydrogen) atoms. The van der Waals surface area contributed by atoms with Crippen molar-refractivity contribution in [3.63, 3.8) is 0 Å². The van der Waals surface area contributed by atoms with E-state index < -0.39 is 12.1 Å². The van der Waals surface area contributed by atoms with Crippen LogP contribution >= 0.6 is 0 Å². The van der Waals surface area contributed by atoms with E-state index in [-0.39, 0.29) is 17.3 Å². The number of carbonyl (C=O) groups is 3. The van der Waals surface area contributed by atoms with E-state index in [0.29, 0.717) is 11.1 Å². The summed E-state index contributed by atoms with van der Waals surface area (Å²) in [5, 5.41) is 0. The van der Waals surface area contributed by atoms with Crippen LogP contribution in [0.5, 0.6) is 0 Å². The van der Waals surface area contributed by atoms with Crippen LogP contribution in [0.4, 0.5) is 0 Å². The summed E-state index contributed by atoms with van der Waals surface area (Å²) < 4.78 is 6.75. The van der Waals surface area contributed by atoms with Crippen LogP contribution in [-0.4, -0.2) is 28.2 Å². The largest absolute Gasteiger partial charge is 0.450 e. The summed E-state index contributed by atoms with van der Waals surface area (Å²) in [6.45, 7) is 4.89. The Hall–Kier alpha value is -2.69. The maximum atomic E-state index is 12.3. The highest BCUT2D eigenvalue weighted by molar-refractivity contribution is 6.02. The second-order valence-corrected chi connectivity index (χ2v) is 5.56. The molecule has 0 aliphatic heterocycles. The van der Waals surface area contributed by atoms with E-state index in [4.69, 9.17) is 4.74 Å². The lowest BCUT2D eigenvalue weighted by Gasteiger charge is -2.12. The molecule has 0 fully saturated rings. The molecule has 0 saturated carbocycles. The number of carbonyl (C=O) groups excluding carboxylic acids is 3. The van der Waals surface area contributed by atoms with Crippen molar-refractivity contribution >= 4 is 17.5 Å². The Kier molecular flexibility index (Phi) is 4.79. The van der Waals surface area contributed by atoms with Crippen LogP contribution < -0.4 is 0 Å². The number of ether oxygens (including phenoxy) is 1. The number of hydrogen-bond acceptors (Lipinski definition) is 4. The Morgan fingerprint density at radius 2 is 1.70 bits per heavy atom. The van der Waals surface area contributed by atoms with Crippen LogP contribution in [0.25, 0.3) is 0 Å². The fourth-order valence-electron chi connectivity index (χ4n) is 2.19. The summed E-state index contributed by atoms with van der Waals surface area (Å²) in [6, 6.07) is 8.54. The average Bonchev–Trinajstić information content (AvgIpc) is 2.89. The maximum Gasteiger partial charge on any atom is 0.355 e. The molecule has 1 heterocycles. The molecule has 2 rings (SSSR count). The van der Waals surface area contributed by atoms with Crippen LogP contribution in [0.15, 0.2) is 36.5 Å². The molecule has 1 aromatic carbocycles. The summed E-state index contributed by atoms with van der Waals surface area (Å²) in [4.78, 5) is 35.8. The van der Waals surface area contributed by atoms with Gasteiger partial charge in [-0.3, -0.25) is 9.59 Å². The van der Waals surface area contributed by atoms with Crippen LogP contribution in [0.1, 0.15) is 50.6 Å². The first-order valence-corrected chi connectivity index (χ1v) is 7.28. The van der Waals surface area contributed by atoms with Gasteiger partial charge in [0.25, 0.3) is 0 Å². The zero-order valence-electron chi connectivity index (χ0n) is 13.6. The lowest BCUT2D eigenvalue weighted by molar-refractivity contribution is 0.0309. The number of aromatic nitrogens is 1. The zero-order valence-corrected chi connectivity index (χ0v) is 13.6. The third-order valence-electron chi connectivity index (χ3n) is 3.61. The summed E-state index contributed by atoms with van der Waals surface area (Å²) in [6.07, 6.45) is 0.659. The second kappa shape index (κ2) is 6.60. The molecule has 2 aromatic rings. The van der Waals surface area contributed by atoms with E-state index in [0.717, 1.165) is 5.56 Å². The molecule has 1 aromatic heterocycles. The molecule has 5 heteroatoms. The van der Waals surface area contributed by atoms with Crippen LogP contribution in [-0.2, 0) is 11.8 Å². The molecule has 0 unspecified atom stereocenters. The first-order chi connectivity index (χ1) is 10.8. The van der Waals surface area contributed by atoms with E-state index in [1.807, 2.05) is 19.1 Å². The van der Waals surface area contributed by atoms with Crippen molar-refractivity contribution in [2.45, 2.75) is 26.9 Å². The van der Waals surface area contributed by atoms with E-state index >= 15 is 0 Å². The van der Waals surface area contributed by atoms with Crippen molar-refractivity contribution in [2.24, 2.45) is 7.05 Å². The normalized spacial score (nSPS) is 11.8. The van der Waals surface area contributed by atoms with Gasteiger partial charge < -0.3 is 9.30 Å². The van der Waals surface area contributed by atoms with Gasteiger partial charge in [0, 0.05) is 24.4 Å². The standard InChI is InChI=1S/C18H19NO4/c1-11-5-7-14(8-6-11)17(21)13(3)23-18(22)16-9-15(12(2)20)10-19(16)4/h5-10,13H,1-4H3/t13-/m0/s1. The molecular weight excluding hydrogens is 294 g/mol. The minimum absolute atomic E-state index is 0.136. The topological polar surface area (TPSA) is 65.4 Å². The number of Topliss-reactive ketones (excluding diaryl/α,β-unsaturated/α-hetero) is 2. The predicted octanol–water partition coefficient (Wildman–Crippen LogP) is 2.96. The molecule has 0 amide bonds. The van der Waals surface area contributed by atoms with Gasteiger partial charge >= 0.3 is 5.97 Å². The van der Waals surface area contributed by atoms with Crippen molar-refractivity contribution < 1.29 is 19.1 Å². The molecule has 0 aliphatic rings. The molecule has 0 aliphatic carbocycles. The summed E-state index contributed by atoms with van der Waals surface area (Å²) >= 11 is 0. The Morgan fingerprint density at radius 1 is 1.09 bits per heavy atom. The lowest BCUT2D eigenvalue weighted by Crippen LogP contribution is -2.25. The molecule has 0 spiro atoms. The number of nitrogens with zero attached hydrogens (tertiary/aromatic N) is 1. The van der Waals surface area contributed by atoms with E-state index in [9.17, 15) is 14.4 Å². The highest BCUT2D eigenvalue weighted by Gasteiger charge is 2.22. The number of aryl methyl sites for hydroxylation is 2. The molecular formula is C18H19NO4. The number of esters is 1. The van der Waals surface area contributed by atoms with Crippen LogP contribution in [0.3, 0.4) is 0 Å². The second-order valence-electron chi connectivity index (χ2n) is 5.56. The molecule has 0 N–H and O–H groups in total. The van der Waals surface area contributed by atoms with Crippen LogP contribution in [0.2, 0.25) is 0 Å².